The van der Waals surface area contributed by atoms with E-state index in [-0.39, 0.29) is 11.8 Å². The van der Waals surface area contributed by atoms with Crippen LogP contribution in [-0.2, 0) is 11.2 Å². The molecule has 3 rings (SSSR count). The van der Waals surface area contributed by atoms with Gasteiger partial charge in [0.1, 0.15) is 0 Å². The van der Waals surface area contributed by atoms with E-state index in [4.69, 9.17) is 4.74 Å². The molecule has 2 aromatic rings. The maximum atomic E-state index is 12.4. The monoisotopic (exact) mass is 338 g/mol. The average molecular weight is 338 g/mol. The molecule has 25 heavy (non-hydrogen) atoms. The molecule has 1 aliphatic rings. The molecule has 2 amide bonds. The van der Waals surface area contributed by atoms with Crippen LogP contribution in [0.3, 0.4) is 0 Å². The Kier molecular flexibility index (Phi) is 5.46. The zero-order valence-electron chi connectivity index (χ0n) is 14.3. The smallest absolute Gasteiger partial charge is 0.255 e. The lowest BCUT2D eigenvalue weighted by molar-refractivity contribution is 0.0303. The number of aryl methyl sites for hydroxylation is 1. The minimum atomic E-state index is -0.157. The van der Waals surface area contributed by atoms with Crippen LogP contribution in [0.5, 0.6) is 0 Å². The van der Waals surface area contributed by atoms with E-state index >= 15 is 0 Å². The van der Waals surface area contributed by atoms with Crippen LogP contribution in [0.4, 0.5) is 5.69 Å². The lowest BCUT2D eigenvalue weighted by Gasteiger charge is -2.26. The van der Waals surface area contributed by atoms with Crippen molar-refractivity contribution in [2.75, 3.05) is 31.6 Å². The molecule has 1 aliphatic heterocycles. The molecule has 0 spiro atoms. The highest BCUT2D eigenvalue weighted by Crippen LogP contribution is 2.14. The fourth-order valence-electron chi connectivity index (χ4n) is 2.74. The van der Waals surface area contributed by atoms with E-state index < -0.39 is 0 Å². The quantitative estimate of drug-likeness (QED) is 0.932. The van der Waals surface area contributed by atoms with Gasteiger partial charge in [0.2, 0.25) is 0 Å². The zero-order chi connectivity index (χ0) is 17.6. The molecular weight excluding hydrogens is 316 g/mol. The summed E-state index contributed by atoms with van der Waals surface area (Å²) in [6.07, 6.45) is 0.945. The van der Waals surface area contributed by atoms with Crippen molar-refractivity contribution in [1.29, 1.82) is 0 Å². The zero-order valence-corrected chi connectivity index (χ0v) is 14.3. The number of amides is 2. The normalized spacial score (nSPS) is 14.2. The van der Waals surface area contributed by atoms with Gasteiger partial charge < -0.3 is 15.0 Å². The van der Waals surface area contributed by atoms with Crippen LogP contribution < -0.4 is 5.32 Å². The molecule has 130 valence electrons. The van der Waals surface area contributed by atoms with Gasteiger partial charge in [-0.3, -0.25) is 9.59 Å². The predicted octanol–water partition coefficient (Wildman–Crippen LogP) is 2.97. The number of nitrogens with one attached hydrogen (secondary N) is 1. The van der Waals surface area contributed by atoms with E-state index in [1.807, 2.05) is 24.3 Å². The summed E-state index contributed by atoms with van der Waals surface area (Å²) in [5, 5.41) is 2.86. The standard InChI is InChI=1S/C20H22N2O3/c1-2-15-3-5-16(6-4-15)19(23)21-18-9-7-17(8-10-18)20(24)22-11-13-25-14-12-22/h3-10H,2,11-14H2,1H3,(H,21,23). The number of morpholine rings is 1. The Morgan fingerprint density at radius 3 is 2.16 bits per heavy atom. The largest absolute Gasteiger partial charge is 0.378 e. The molecule has 1 fully saturated rings. The number of ether oxygens (including phenoxy) is 1. The van der Waals surface area contributed by atoms with Crippen LogP contribution >= 0.6 is 0 Å². The third-order valence-electron chi connectivity index (χ3n) is 4.31. The Labute approximate surface area is 147 Å². The maximum Gasteiger partial charge on any atom is 0.255 e. The van der Waals surface area contributed by atoms with Crippen LogP contribution in [0.25, 0.3) is 0 Å². The summed E-state index contributed by atoms with van der Waals surface area (Å²) >= 11 is 0. The molecule has 0 bridgehead atoms. The molecule has 0 saturated carbocycles. The minimum Gasteiger partial charge on any atom is -0.378 e. The highest BCUT2D eigenvalue weighted by molar-refractivity contribution is 6.04. The first-order chi connectivity index (χ1) is 12.2. The molecule has 5 heteroatoms. The van der Waals surface area contributed by atoms with E-state index in [9.17, 15) is 9.59 Å². The number of nitrogens with zero attached hydrogens (tertiary/aromatic N) is 1. The molecule has 0 aromatic heterocycles. The van der Waals surface area contributed by atoms with Crippen molar-refractivity contribution in [2.45, 2.75) is 13.3 Å². The molecule has 2 aromatic carbocycles. The molecular formula is C20H22N2O3. The van der Waals surface area contributed by atoms with Crippen LogP contribution in [0.15, 0.2) is 48.5 Å². The number of hydrogen-bond acceptors (Lipinski definition) is 3. The molecule has 1 N–H and O–H groups in total. The Balaban J connectivity index is 1.63. The summed E-state index contributed by atoms with van der Waals surface area (Å²) < 4.78 is 5.26. The van der Waals surface area contributed by atoms with Crippen molar-refractivity contribution in [3.8, 4) is 0 Å². The molecule has 0 atom stereocenters. The average Bonchev–Trinajstić information content (AvgIpc) is 2.68. The van der Waals surface area contributed by atoms with Gasteiger partial charge in [-0.15, -0.1) is 0 Å². The molecule has 0 aliphatic carbocycles. The van der Waals surface area contributed by atoms with Crippen LogP contribution in [0, 0.1) is 0 Å². The van der Waals surface area contributed by atoms with Crippen molar-refractivity contribution in [3.05, 3.63) is 65.2 Å². The second kappa shape index (κ2) is 7.94. The third-order valence-corrected chi connectivity index (χ3v) is 4.31. The summed E-state index contributed by atoms with van der Waals surface area (Å²) in [5.41, 5.74) is 3.10. The fourth-order valence-corrected chi connectivity index (χ4v) is 2.74. The Bertz CT molecular complexity index is 733. The fraction of sp³-hybridized carbons (Fsp3) is 0.300. The van der Waals surface area contributed by atoms with E-state index in [0.717, 1.165) is 6.42 Å². The van der Waals surface area contributed by atoms with Crippen molar-refractivity contribution in [2.24, 2.45) is 0 Å². The van der Waals surface area contributed by atoms with E-state index in [0.29, 0.717) is 43.1 Å². The SMILES string of the molecule is CCc1ccc(C(=O)Nc2ccc(C(=O)N3CCOCC3)cc2)cc1. The van der Waals surface area contributed by atoms with Gasteiger partial charge in [0.15, 0.2) is 0 Å². The summed E-state index contributed by atoms with van der Waals surface area (Å²) in [4.78, 5) is 26.5. The molecule has 1 heterocycles. The second-order valence-corrected chi connectivity index (χ2v) is 5.99. The van der Waals surface area contributed by atoms with Gasteiger partial charge in [0, 0.05) is 29.9 Å². The van der Waals surface area contributed by atoms with Gasteiger partial charge in [-0.05, 0) is 48.4 Å². The highest BCUT2D eigenvalue weighted by Gasteiger charge is 2.18. The van der Waals surface area contributed by atoms with Crippen molar-refractivity contribution in [3.63, 3.8) is 0 Å². The maximum absolute atomic E-state index is 12.4. The summed E-state index contributed by atoms with van der Waals surface area (Å²) in [6.45, 7) is 4.47. The number of benzene rings is 2. The van der Waals surface area contributed by atoms with Crippen molar-refractivity contribution in [1.82, 2.24) is 4.90 Å². The predicted molar refractivity (Wildman–Crippen MR) is 96.9 cm³/mol. The second-order valence-electron chi connectivity index (χ2n) is 5.99. The van der Waals surface area contributed by atoms with Gasteiger partial charge in [-0.25, -0.2) is 0 Å². The van der Waals surface area contributed by atoms with Crippen LogP contribution in [0.2, 0.25) is 0 Å². The van der Waals surface area contributed by atoms with Gasteiger partial charge >= 0.3 is 0 Å². The first kappa shape index (κ1) is 17.2. The topological polar surface area (TPSA) is 58.6 Å². The van der Waals surface area contributed by atoms with E-state index in [1.165, 1.54) is 5.56 Å². The lowest BCUT2D eigenvalue weighted by Crippen LogP contribution is -2.40. The van der Waals surface area contributed by atoms with Gasteiger partial charge in [0.25, 0.3) is 11.8 Å². The Morgan fingerprint density at radius 1 is 0.960 bits per heavy atom. The molecule has 1 saturated heterocycles. The Morgan fingerprint density at radius 2 is 1.56 bits per heavy atom. The highest BCUT2D eigenvalue weighted by atomic mass is 16.5. The lowest BCUT2D eigenvalue weighted by atomic mass is 10.1. The number of carbonyl (C=O) groups excluding carboxylic acids is 2. The molecule has 5 nitrogen and oxygen atoms in total. The van der Waals surface area contributed by atoms with Crippen LogP contribution in [-0.4, -0.2) is 43.0 Å². The molecule has 0 unspecified atom stereocenters. The van der Waals surface area contributed by atoms with Gasteiger partial charge in [-0.1, -0.05) is 19.1 Å². The van der Waals surface area contributed by atoms with E-state index in [2.05, 4.69) is 12.2 Å². The van der Waals surface area contributed by atoms with E-state index in [1.54, 1.807) is 29.2 Å². The number of anilines is 1. The van der Waals surface area contributed by atoms with Crippen molar-refractivity contribution < 1.29 is 14.3 Å². The summed E-state index contributed by atoms with van der Waals surface area (Å²) in [5.74, 6) is -0.161. The summed E-state index contributed by atoms with van der Waals surface area (Å²) in [7, 11) is 0. The number of carbonyl (C=O) groups is 2. The minimum absolute atomic E-state index is 0.00340. The van der Waals surface area contributed by atoms with Crippen molar-refractivity contribution >= 4 is 17.5 Å². The number of hydrogen-bond donors (Lipinski definition) is 1. The van der Waals surface area contributed by atoms with Gasteiger partial charge in [-0.2, -0.15) is 0 Å². The summed E-state index contributed by atoms with van der Waals surface area (Å²) in [6, 6.07) is 14.6. The third kappa shape index (κ3) is 4.25. The number of rotatable bonds is 4. The van der Waals surface area contributed by atoms with Gasteiger partial charge in [0.05, 0.1) is 13.2 Å². The molecule has 0 radical (unpaired) electrons. The first-order valence-electron chi connectivity index (χ1n) is 8.55. The van der Waals surface area contributed by atoms with Crippen LogP contribution in [0.1, 0.15) is 33.2 Å². The first-order valence-corrected chi connectivity index (χ1v) is 8.55. The Hall–Kier alpha value is -2.66.